The summed E-state index contributed by atoms with van der Waals surface area (Å²) in [6.45, 7) is 0.109. The minimum absolute atomic E-state index is 0.277. The summed E-state index contributed by atoms with van der Waals surface area (Å²) in [6, 6.07) is 12.9. The first kappa shape index (κ1) is 23.1. The zero-order valence-corrected chi connectivity index (χ0v) is 18.1. The number of anilines is 2. The molecule has 3 amide bonds. The number of hydrogen-bond donors (Lipinski definition) is 2. The summed E-state index contributed by atoms with van der Waals surface area (Å²) in [5, 5.41) is 13.8. The summed E-state index contributed by atoms with van der Waals surface area (Å²) in [7, 11) is 3.79. The van der Waals surface area contributed by atoms with Crippen molar-refractivity contribution in [3.63, 3.8) is 0 Å². The van der Waals surface area contributed by atoms with E-state index in [1.54, 1.807) is 36.4 Å². The normalized spacial score (nSPS) is 12.2. The standard InChI is InChI=1S/C23H22N4O6/c1-27(2)18-6-3-15(4-7-18)11-16(13-24)22(29)33-14-21(28)26-23(30)25-17-5-8-19-20(12-17)32-10-9-31-19/h3-8,11-12H,9-10,14H2,1-2H3,(H2,25,26,28,30). The van der Waals surface area contributed by atoms with Crippen LogP contribution in [0.15, 0.2) is 48.0 Å². The number of carbonyl (C=O) groups is 3. The highest BCUT2D eigenvalue weighted by atomic mass is 16.6. The first-order chi connectivity index (χ1) is 15.9. The van der Waals surface area contributed by atoms with Crippen LogP contribution in [-0.4, -0.2) is 51.8 Å². The number of amides is 3. The molecule has 0 saturated carbocycles. The van der Waals surface area contributed by atoms with Gasteiger partial charge in [0.05, 0.1) is 0 Å². The molecule has 170 valence electrons. The summed E-state index contributed by atoms with van der Waals surface area (Å²) in [6.07, 6.45) is 1.36. The van der Waals surface area contributed by atoms with Gasteiger partial charge in [-0.1, -0.05) is 12.1 Å². The number of nitrogens with zero attached hydrogens (tertiary/aromatic N) is 2. The Labute approximate surface area is 190 Å². The summed E-state index contributed by atoms with van der Waals surface area (Å²) >= 11 is 0. The fourth-order valence-electron chi connectivity index (χ4n) is 2.83. The number of ether oxygens (including phenoxy) is 3. The number of rotatable bonds is 6. The fraction of sp³-hybridized carbons (Fsp3) is 0.217. The average Bonchev–Trinajstić information content (AvgIpc) is 2.81. The van der Waals surface area contributed by atoms with Crippen molar-refractivity contribution in [2.24, 2.45) is 0 Å². The van der Waals surface area contributed by atoms with E-state index in [1.165, 1.54) is 6.08 Å². The maximum absolute atomic E-state index is 12.1. The van der Waals surface area contributed by atoms with E-state index in [4.69, 9.17) is 14.2 Å². The van der Waals surface area contributed by atoms with Gasteiger partial charge in [0.2, 0.25) is 0 Å². The summed E-state index contributed by atoms with van der Waals surface area (Å²) in [5.41, 5.74) is 1.69. The summed E-state index contributed by atoms with van der Waals surface area (Å²) in [5.74, 6) is -0.792. The highest BCUT2D eigenvalue weighted by Crippen LogP contribution is 2.32. The van der Waals surface area contributed by atoms with Gasteiger partial charge in [0.25, 0.3) is 5.91 Å². The smallest absolute Gasteiger partial charge is 0.349 e. The van der Waals surface area contributed by atoms with Gasteiger partial charge in [-0.25, -0.2) is 9.59 Å². The zero-order chi connectivity index (χ0) is 23.8. The van der Waals surface area contributed by atoms with Crippen molar-refractivity contribution in [1.29, 1.82) is 5.26 Å². The second-order valence-electron chi connectivity index (χ2n) is 7.09. The van der Waals surface area contributed by atoms with Gasteiger partial charge in [-0.15, -0.1) is 0 Å². The van der Waals surface area contributed by atoms with Crippen LogP contribution in [0.4, 0.5) is 16.2 Å². The summed E-state index contributed by atoms with van der Waals surface area (Å²) in [4.78, 5) is 38.0. The van der Waals surface area contributed by atoms with Crippen LogP contribution in [-0.2, 0) is 14.3 Å². The van der Waals surface area contributed by atoms with E-state index < -0.39 is 24.5 Å². The van der Waals surface area contributed by atoms with Crippen LogP contribution >= 0.6 is 0 Å². The molecule has 1 aliphatic rings. The van der Waals surface area contributed by atoms with Crippen molar-refractivity contribution in [3.8, 4) is 17.6 Å². The third-order valence-corrected chi connectivity index (χ3v) is 4.45. The van der Waals surface area contributed by atoms with Gasteiger partial charge in [0, 0.05) is 31.5 Å². The quantitative estimate of drug-likeness (QED) is 0.390. The Balaban J connectivity index is 1.50. The molecule has 10 nitrogen and oxygen atoms in total. The van der Waals surface area contributed by atoms with Gasteiger partial charge >= 0.3 is 12.0 Å². The number of benzene rings is 2. The second kappa shape index (κ2) is 10.7. The van der Waals surface area contributed by atoms with Gasteiger partial charge in [0.15, 0.2) is 18.1 Å². The molecule has 2 N–H and O–H groups in total. The molecule has 0 unspecified atom stereocenters. The van der Waals surface area contributed by atoms with Gasteiger partial charge in [-0.05, 0) is 35.9 Å². The van der Waals surface area contributed by atoms with Crippen LogP contribution in [0, 0.1) is 11.3 Å². The number of esters is 1. The van der Waals surface area contributed by atoms with Crippen LogP contribution < -0.4 is 25.0 Å². The molecule has 0 bridgehead atoms. The monoisotopic (exact) mass is 450 g/mol. The number of nitriles is 1. The molecule has 0 atom stereocenters. The fourth-order valence-corrected chi connectivity index (χ4v) is 2.83. The number of imide groups is 1. The van der Waals surface area contributed by atoms with Crippen LogP contribution in [0.1, 0.15) is 5.56 Å². The molecule has 1 aliphatic heterocycles. The highest BCUT2D eigenvalue weighted by molar-refractivity contribution is 6.03. The lowest BCUT2D eigenvalue weighted by molar-refractivity contribution is -0.144. The predicted molar refractivity (Wildman–Crippen MR) is 120 cm³/mol. The van der Waals surface area contributed by atoms with E-state index in [2.05, 4.69) is 5.32 Å². The van der Waals surface area contributed by atoms with E-state index in [0.29, 0.717) is 36.0 Å². The van der Waals surface area contributed by atoms with Crippen LogP contribution in [0.25, 0.3) is 6.08 Å². The highest BCUT2D eigenvalue weighted by Gasteiger charge is 2.16. The van der Waals surface area contributed by atoms with E-state index in [9.17, 15) is 19.6 Å². The molecule has 0 aliphatic carbocycles. The van der Waals surface area contributed by atoms with Gasteiger partial charge < -0.3 is 24.4 Å². The Hall–Kier alpha value is -4.52. The summed E-state index contributed by atoms with van der Waals surface area (Å²) < 4.78 is 15.7. The average molecular weight is 450 g/mol. The molecule has 2 aromatic rings. The molecule has 10 heteroatoms. The predicted octanol–water partition coefficient (Wildman–Crippen LogP) is 2.32. The maximum atomic E-state index is 12.1. The molecule has 1 heterocycles. The Bertz CT molecular complexity index is 1120. The number of hydrogen-bond acceptors (Lipinski definition) is 8. The molecule has 0 saturated heterocycles. The van der Waals surface area contributed by atoms with E-state index in [1.807, 2.05) is 36.4 Å². The van der Waals surface area contributed by atoms with E-state index in [-0.39, 0.29) is 5.57 Å². The minimum atomic E-state index is -0.975. The largest absolute Gasteiger partial charge is 0.486 e. The topological polar surface area (TPSA) is 130 Å². The lowest BCUT2D eigenvalue weighted by atomic mass is 10.1. The third kappa shape index (κ3) is 6.48. The molecule has 0 fully saturated rings. The van der Waals surface area contributed by atoms with Crippen molar-refractivity contribution in [3.05, 3.63) is 53.6 Å². The van der Waals surface area contributed by atoms with Crippen molar-refractivity contribution in [1.82, 2.24) is 5.32 Å². The Morgan fingerprint density at radius 2 is 1.79 bits per heavy atom. The van der Waals surface area contributed by atoms with Crippen LogP contribution in [0.5, 0.6) is 11.5 Å². The van der Waals surface area contributed by atoms with E-state index in [0.717, 1.165) is 5.69 Å². The molecular formula is C23H22N4O6. The molecule has 0 spiro atoms. The van der Waals surface area contributed by atoms with Crippen LogP contribution in [0.3, 0.4) is 0 Å². The van der Waals surface area contributed by atoms with Crippen molar-refractivity contribution in [2.45, 2.75) is 0 Å². The van der Waals surface area contributed by atoms with Crippen molar-refractivity contribution < 1.29 is 28.6 Å². The first-order valence-electron chi connectivity index (χ1n) is 9.92. The first-order valence-corrected chi connectivity index (χ1v) is 9.92. The SMILES string of the molecule is CN(C)c1ccc(C=C(C#N)C(=O)OCC(=O)NC(=O)Nc2ccc3c(c2)OCCO3)cc1. The van der Waals surface area contributed by atoms with Gasteiger partial charge in [-0.3, -0.25) is 10.1 Å². The molecule has 0 aromatic heterocycles. The molecule has 0 radical (unpaired) electrons. The van der Waals surface area contributed by atoms with Crippen molar-refractivity contribution >= 4 is 35.4 Å². The van der Waals surface area contributed by atoms with E-state index >= 15 is 0 Å². The molecule has 2 aromatic carbocycles. The lowest BCUT2D eigenvalue weighted by Gasteiger charge is -2.19. The Morgan fingerprint density at radius 3 is 2.45 bits per heavy atom. The molecule has 3 rings (SSSR count). The third-order valence-electron chi connectivity index (χ3n) is 4.45. The lowest BCUT2D eigenvalue weighted by Crippen LogP contribution is -2.37. The molecular weight excluding hydrogens is 428 g/mol. The second-order valence-corrected chi connectivity index (χ2v) is 7.09. The van der Waals surface area contributed by atoms with Gasteiger partial charge in [-0.2, -0.15) is 5.26 Å². The molecule has 33 heavy (non-hydrogen) atoms. The maximum Gasteiger partial charge on any atom is 0.349 e. The van der Waals surface area contributed by atoms with Crippen molar-refractivity contribution in [2.75, 3.05) is 44.1 Å². The number of carbonyl (C=O) groups excluding carboxylic acids is 3. The van der Waals surface area contributed by atoms with Gasteiger partial charge in [0.1, 0.15) is 24.9 Å². The number of fused-ring (bicyclic) bond motifs is 1. The Kier molecular flexibility index (Phi) is 7.49. The Morgan fingerprint density at radius 1 is 1.09 bits per heavy atom. The number of urea groups is 1. The van der Waals surface area contributed by atoms with Crippen LogP contribution in [0.2, 0.25) is 0 Å². The zero-order valence-electron chi connectivity index (χ0n) is 18.1. The number of nitrogens with one attached hydrogen (secondary N) is 2. The minimum Gasteiger partial charge on any atom is -0.486 e.